The van der Waals surface area contributed by atoms with Gasteiger partial charge in [0.1, 0.15) is 11.5 Å². The van der Waals surface area contributed by atoms with Gasteiger partial charge in [-0.3, -0.25) is 4.79 Å². The van der Waals surface area contributed by atoms with E-state index in [0.717, 1.165) is 0 Å². The monoisotopic (exact) mass is 397 g/mol. The number of nitrogens with one attached hydrogen (secondary N) is 1. The third-order valence-corrected chi connectivity index (χ3v) is 3.78. The molecule has 0 unspecified atom stereocenters. The summed E-state index contributed by atoms with van der Waals surface area (Å²) in [6, 6.07) is 11.4. The molecule has 0 aliphatic heterocycles. The number of ether oxygens (including phenoxy) is 3. The van der Waals surface area contributed by atoms with Crippen LogP contribution in [0.4, 0.5) is 5.69 Å². The van der Waals surface area contributed by atoms with Gasteiger partial charge in [-0.1, -0.05) is 29.3 Å². The summed E-state index contributed by atoms with van der Waals surface area (Å²) in [6.45, 7) is 1.60. The van der Waals surface area contributed by atoms with Crippen LogP contribution >= 0.6 is 23.2 Å². The second-order valence-electron chi connectivity index (χ2n) is 5.03. The average Bonchev–Trinajstić information content (AvgIpc) is 2.61. The Bertz CT molecular complexity index is 782. The van der Waals surface area contributed by atoms with Gasteiger partial charge in [-0.25, -0.2) is 4.79 Å². The quantitative estimate of drug-likeness (QED) is 0.682. The van der Waals surface area contributed by atoms with Crippen LogP contribution in [0.5, 0.6) is 11.5 Å². The fourth-order valence-corrected chi connectivity index (χ4v) is 2.21. The molecule has 2 aromatic rings. The normalized spacial score (nSPS) is 10.1. The molecule has 0 saturated carbocycles. The summed E-state index contributed by atoms with van der Waals surface area (Å²) in [6.07, 6.45) is 0. The highest BCUT2D eigenvalue weighted by Gasteiger charge is 2.07. The number of hydrogen-bond donors (Lipinski definition) is 1. The van der Waals surface area contributed by atoms with Crippen molar-refractivity contribution in [2.24, 2.45) is 0 Å². The standard InChI is InChI=1S/C18H17Cl2NO5/c1-2-24-18(23)11-26-13-5-3-4-12(8-13)21-17(22)10-25-14-6-7-15(19)16(20)9-14/h3-9H,2,10-11H2,1H3,(H,21,22). The van der Waals surface area contributed by atoms with E-state index in [-0.39, 0.29) is 25.7 Å². The first kappa shape index (κ1) is 19.9. The molecule has 2 aromatic carbocycles. The molecular formula is C18H17Cl2NO5. The fraction of sp³-hybridized carbons (Fsp3) is 0.222. The number of halogens is 2. The lowest BCUT2D eigenvalue weighted by molar-refractivity contribution is -0.145. The maximum absolute atomic E-state index is 12.0. The van der Waals surface area contributed by atoms with Crippen molar-refractivity contribution in [3.63, 3.8) is 0 Å². The molecule has 6 nitrogen and oxygen atoms in total. The van der Waals surface area contributed by atoms with Gasteiger partial charge in [0, 0.05) is 17.8 Å². The lowest BCUT2D eigenvalue weighted by Crippen LogP contribution is -2.20. The highest BCUT2D eigenvalue weighted by molar-refractivity contribution is 6.42. The van der Waals surface area contributed by atoms with Crippen LogP contribution < -0.4 is 14.8 Å². The molecule has 2 rings (SSSR count). The molecule has 0 spiro atoms. The molecule has 8 heteroatoms. The number of amides is 1. The maximum Gasteiger partial charge on any atom is 0.344 e. The van der Waals surface area contributed by atoms with Crippen LogP contribution in [0, 0.1) is 0 Å². The van der Waals surface area contributed by atoms with Gasteiger partial charge in [0.25, 0.3) is 5.91 Å². The van der Waals surface area contributed by atoms with Gasteiger partial charge < -0.3 is 19.5 Å². The predicted octanol–water partition coefficient (Wildman–Crippen LogP) is 3.95. The van der Waals surface area contributed by atoms with E-state index >= 15 is 0 Å². The summed E-state index contributed by atoms with van der Waals surface area (Å²) < 4.78 is 15.5. The van der Waals surface area contributed by atoms with Gasteiger partial charge in [0.2, 0.25) is 0 Å². The Morgan fingerprint density at radius 3 is 2.42 bits per heavy atom. The molecule has 26 heavy (non-hydrogen) atoms. The molecule has 0 fully saturated rings. The van der Waals surface area contributed by atoms with Crippen molar-refractivity contribution in [3.8, 4) is 11.5 Å². The van der Waals surface area contributed by atoms with E-state index in [0.29, 0.717) is 27.2 Å². The summed E-state index contributed by atoms with van der Waals surface area (Å²) >= 11 is 11.7. The Hall–Kier alpha value is -2.44. The van der Waals surface area contributed by atoms with E-state index in [4.69, 9.17) is 37.4 Å². The van der Waals surface area contributed by atoms with Crippen LogP contribution in [0.1, 0.15) is 6.92 Å². The van der Waals surface area contributed by atoms with Crippen LogP contribution in [0.2, 0.25) is 10.0 Å². The molecule has 0 atom stereocenters. The molecular weight excluding hydrogens is 381 g/mol. The van der Waals surface area contributed by atoms with Crippen molar-refractivity contribution in [2.45, 2.75) is 6.92 Å². The lowest BCUT2D eigenvalue weighted by atomic mass is 10.3. The third-order valence-electron chi connectivity index (χ3n) is 3.04. The first-order valence-electron chi connectivity index (χ1n) is 7.74. The predicted molar refractivity (Wildman–Crippen MR) is 99.2 cm³/mol. The Balaban J connectivity index is 1.85. The molecule has 0 heterocycles. The highest BCUT2D eigenvalue weighted by Crippen LogP contribution is 2.26. The van der Waals surface area contributed by atoms with Crippen molar-refractivity contribution in [2.75, 3.05) is 25.1 Å². The van der Waals surface area contributed by atoms with Gasteiger partial charge in [-0.05, 0) is 31.2 Å². The number of carbonyl (C=O) groups excluding carboxylic acids is 2. The number of anilines is 1. The van der Waals surface area contributed by atoms with Crippen LogP contribution in [0.15, 0.2) is 42.5 Å². The smallest absolute Gasteiger partial charge is 0.344 e. The maximum atomic E-state index is 12.0. The summed E-state index contributed by atoms with van der Waals surface area (Å²) in [5, 5.41) is 3.42. The fourth-order valence-electron chi connectivity index (χ4n) is 1.92. The van der Waals surface area contributed by atoms with Gasteiger partial charge >= 0.3 is 5.97 Å². The SMILES string of the molecule is CCOC(=O)COc1cccc(NC(=O)COc2ccc(Cl)c(Cl)c2)c1. The zero-order valence-electron chi connectivity index (χ0n) is 14.0. The molecule has 0 aliphatic rings. The van der Waals surface area contributed by atoms with E-state index in [1.807, 2.05) is 0 Å². The molecule has 0 bridgehead atoms. The van der Waals surface area contributed by atoms with E-state index in [1.54, 1.807) is 43.3 Å². The van der Waals surface area contributed by atoms with Crippen molar-refractivity contribution >= 4 is 40.8 Å². The first-order valence-corrected chi connectivity index (χ1v) is 8.49. The Morgan fingerprint density at radius 2 is 1.69 bits per heavy atom. The summed E-state index contributed by atoms with van der Waals surface area (Å²) in [5.74, 6) is 0.0397. The molecule has 1 amide bonds. The number of hydrogen-bond acceptors (Lipinski definition) is 5. The Labute approximate surface area is 160 Å². The number of rotatable bonds is 8. The van der Waals surface area contributed by atoms with Crippen LogP contribution in [0.3, 0.4) is 0 Å². The summed E-state index contributed by atoms with van der Waals surface area (Å²) in [7, 11) is 0. The molecule has 0 aromatic heterocycles. The van der Waals surface area contributed by atoms with Crippen LogP contribution in [0.25, 0.3) is 0 Å². The number of carbonyl (C=O) groups is 2. The molecule has 1 N–H and O–H groups in total. The van der Waals surface area contributed by atoms with E-state index in [9.17, 15) is 9.59 Å². The number of benzene rings is 2. The van der Waals surface area contributed by atoms with Gasteiger partial charge in [0.15, 0.2) is 13.2 Å². The van der Waals surface area contributed by atoms with Crippen LogP contribution in [-0.2, 0) is 14.3 Å². The van der Waals surface area contributed by atoms with Crippen LogP contribution in [-0.4, -0.2) is 31.7 Å². The summed E-state index contributed by atoms with van der Waals surface area (Å²) in [5.41, 5.74) is 0.508. The average molecular weight is 398 g/mol. The van der Waals surface area contributed by atoms with Gasteiger partial charge in [0.05, 0.1) is 16.7 Å². The molecule has 0 radical (unpaired) electrons. The largest absolute Gasteiger partial charge is 0.484 e. The second-order valence-corrected chi connectivity index (χ2v) is 5.85. The van der Waals surface area contributed by atoms with E-state index in [1.165, 1.54) is 6.07 Å². The molecule has 0 aliphatic carbocycles. The van der Waals surface area contributed by atoms with Crippen molar-refractivity contribution < 1.29 is 23.8 Å². The third kappa shape index (κ3) is 6.46. The minimum absolute atomic E-state index is 0.203. The molecule has 138 valence electrons. The summed E-state index contributed by atoms with van der Waals surface area (Å²) in [4.78, 5) is 23.3. The Morgan fingerprint density at radius 1 is 0.962 bits per heavy atom. The topological polar surface area (TPSA) is 73.9 Å². The molecule has 0 saturated heterocycles. The van der Waals surface area contributed by atoms with Crippen molar-refractivity contribution in [3.05, 3.63) is 52.5 Å². The highest BCUT2D eigenvalue weighted by atomic mass is 35.5. The van der Waals surface area contributed by atoms with Crippen molar-refractivity contribution in [1.82, 2.24) is 0 Å². The zero-order valence-corrected chi connectivity index (χ0v) is 15.5. The minimum Gasteiger partial charge on any atom is -0.484 e. The second kappa shape index (κ2) is 9.89. The minimum atomic E-state index is -0.461. The van der Waals surface area contributed by atoms with E-state index in [2.05, 4.69) is 5.32 Å². The lowest BCUT2D eigenvalue weighted by Gasteiger charge is -2.10. The van der Waals surface area contributed by atoms with E-state index < -0.39 is 5.97 Å². The number of esters is 1. The zero-order chi connectivity index (χ0) is 18.9. The Kier molecular flexibility index (Phi) is 7.56. The van der Waals surface area contributed by atoms with Gasteiger partial charge in [-0.15, -0.1) is 0 Å². The van der Waals surface area contributed by atoms with Crippen molar-refractivity contribution in [1.29, 1.82) is 0 Å². The van der Waals surface area contributed by atoms with Gasteiger partial charge in [-0.2, -0.15) is 0 Å². The first-order chi connectivity index (χ1) is 12.5.